The maximum absolute atomic E-state index is 5.37. The summed E-state index contributed by atoms with van der Waals surface area (Å²) < 4.78 is 5.37. The molecule has 0 aromatic heterocycles. The van der Waals surface area contributed by atoms with Crippen LogP contribution in [0.25, 0.3) is 0 Å². The topological polar surface area (TPSA) is 21.3 Å². The summed E-state index contributed by atoms with van der Waals surface area (Å²) in [4.78, 5) is 0. The second-order valence-electron chi connectivity index (χ2n) is 4.97. The van der Waals surface area contributed by atoms with Gasteiger partial charge in [0.1, 0.15) is 5.75 Å². The maximum Gasteiger partial charge on any atom is 0.119 e. The van der Waals surface area contributed by atoms with Crippen molar-refractivity contribution in [2.24, 2.45) is 0 Å². The molecule has 0 amide bonds. The molecule has 2 heteroatoms. The molecule has 0 saturated carbocycles. The summed E-state index contributed by atoms with van der Waals surface area (Å²) >= 11 is 0. The summed E-state index contributed by atoms with van der Waals surface area (Å²) in [5, 5.41) is 3.54. The number of rotatable bonds is 2. The molecule has 2 nitrogen and oxygen atoms in total. The second-order valence-corrected chi connectivity index (χ2v) is 4.97. The zero-order chi connectivity index (χ0) is 13.2. The molecule has 2 aromatic rings. The van der Waals surface area contributed by atoms with Crippen molar-refractivity contribution in [2.45, 2.75) is 25.8 Å². The molecule has 2 aromatic carbocycles. The van der Waals surface area contributed by atoms with E-state index in [0.717, 1.165) is 18.7 Å². The van der Waals surface area contributed by atoms with E-state index in [1.807, 2.05) is 6.07 Å². The number of hydrogen-bond acceptors (Lipinski definition) is 2. The minimum Gasteiger partial charge on any atom is -0.497 e. The van der Waals surface area contributed by atoms with Gasteiger partial charge in [0, 0.05) is 18.2 Å². The molecule has 0 radical (unpaired) electrons. The van der Waals surface area contributed by atoms with Gasteiger partial charge in [0.05, 0.1) is 7.11 Å². The molecule has 3 rings (SSSR count). The molecule has 1 N–H and O–H groups in total. The Balaban J connectivity index is 2.16. The molecule has 98 valence electrons. The number of benzene rings is 2. The van der Waals surface area contributed by atoms with Gasteiger partial charge in [-0.3, -0.25) is 0 Å². The van der Waals surface area contributed by atoms with Crippen molar-refractivity contribution in [1.29, 1.82) is 0 Å². The first-order chi connectivity index (χ1) is 9.33. The van der Waals surface area contributed by atoms with Crippen LogP contribution in [0.4, 0.5) is 5.69 Å². The Labute approximate surface area is 114 Å². The van der Waals surface area contributed by atoms with Crippen LogP contribution in [0.1, 0.15) is 36.0 Å². The van der Waals surface area contributed by atoms with E-state index in [1.165, 1.54) is 22.4 Å². The number of anilines is 1. The molecule has 1 atom stereocenters. The fourth-order valence-electron chi connectivity index (χ4n) is 2.95. The summed E-state index contributed by atoms with van der Waals surface area (Å²) in [6.07, 6.45) is 1.10. The lowest BCUT2D eigenvalue weighted by atomic mass is 9.86. The van der Waals surface area contributed by atoms with E-state index in [0.29, 0.717) is 5.92 Å². The van der Waals surface area contributed by atoms with Crippen LogP contribution in [-0.4, -0.2) is 7.11 Å². The quantitative estimate of drug-likeness (QED) is 0.867. The number of fused-ring (bicyclic) bond motifs is 2. The summed E-state index contributed by atoms with van der Waals surface area (Å²) in [6.45, 7) is 3.14. The molecule has 1 aliphatic heterocycles. The molecule has 1 aliphatic rings. The van der Waals surface area contributed by atoms with Crippen molar-refractivity contribution >= 4 is 5.69 Å². The van der Waals surface area contributed by atoms with Gasteiger partial charge in [-0.25, -0.2) is 0 Å². The maximum atomic E-state index is 5.37. The second kappa shape index (κ2) is 4.96. The Morgan fingerprint density at radius 2 is 2.00 bits per heavy atom. The summed E-state index contributed by atoms with van der Waals surface area (Å²) in [6, 6.07) is 15.0. The number of ether oxygens (including phenoxy) is 1. The first-order valence-electron chi connectivity index (χ1n) is 6.83. The molecule has 1 heterocycles. The third-order valence-electron chi connectivity index (χ3n) is 3.94. The van der Waals surface area contributed by atoms with Crippen LogP contribution in [0.15, 0.2) is 42.5 Å². The van der Waals surface area contributed by atoms with E-state index in [4.69, 9.17) is 4.74 Å². The Hall–Kier alpha value is -1.96. The highest BCUT2D eigenvalue weighted by atomic mass is 16.5. The van der Waals surface area contributed by atoms with E-state index < -0.39 is 0 Å². The lowest BCUT2D eigenvalue weighted by molar-refractivity contribution is 0.414. The zero-order valence-corrected chi connectivity index (χ0v) is 11.4. The van der Waals surface area contributed by atoms with Gasteiger partial charge < -0.3 is 10.1 Å². The van der Waals surface area contributed by atoms with Gasteiger partial charge >= 0.3 is 0 Å². The fraction of sp³-hybridized carbons (Fsp3) is 0.294. The molecule has 0 spiro atoms. The van der Waals surface area contributed by atoms with Crippen molar-refractivity contribution < 1.29 is 4.74 Å². The third kappa shape index (κ3) is 2.07. The van der Waals surface area contributed by atoms with Crippen LogP contribution in [0.3, 0.4) is 0 Å². The Bertz CT molecular complexity index is 592. The van der Waals surface area contributed by atoms with Crippen LogP contribution < -0.4 is 10.1 Å². The summed E-state index contributed by atoms with van der Waals surface area (Å²) in [5.74, 6) is 1.37. The highest BCUT2D eigenvalue weighted by Crippen LogP contribution is 2.39. The number of hydrogen-bond donors (Lipinski definition) is 1. The average molecular weight is 253 g/mol. The van der Waals surface area contributed by atoms with Gasteiger partial charge in [0.15, 0.2) is 0 Å². The minimum absolute atomic E-state index is 0.441. The Kier molecular flexibility index (Phi) is 3.16. The molecule has 0 aliphatic carbocycles. The van der Waals surface area contributed by atoms with Crippen LogP contribution in [0.2, 0.25) is 0 Å². The predicted molar refractivity (Wildman–Crippen MR) is 78.9 cm³/mol. The highest BCUT2D eigenvalue weighted by Gasteiger charge is 2.22. The normalized spacial score (nSPS) is 16.8. The van der Waals surface area contributed by atoms with Crippen LogP contribution in [0.5, 0.6) is 5.75 Å². The number of methoxy groups -OCH3 is 1. The van der Waals surface area contributed by atoms with Crippen molar-refractivity contribution in [3.05, 3.63) is 59.2 Å². The molecule has 1 unspecified atom stereocenters. The van der Waals surface area contributed by atoms with Crippen molar-refractivity contribution in [2.75, 3.05) is 12.4 Å². The summed E-state index contributed by atoms with van der Waals surface area (Å²) in [7, 11) is 1.72. The standard InChI is InChI=1S/C17H19NO/c1-3-14-15-7-5-4-6-12(15)11-18-17-9-8-13(19-2)10-16(14)17/h4-10,14,18H,3,11H2,1-2H3. The van der Waals surface area contributed by atoms with E-state index in [9.17, 15) is 0 Å². The predicted octanol–water partition coefficient (Wildman–Crippen LogP) is 4.16. The Morgan fingerprint density at radius 1 is 1.16 bits per heavy atom. The van der Waals surface area contributed by atoms with Gasteiger partial charge in [-0.1, -0.05) is 31.2 Å². The molecule has 0 bridgehead atoms. The van der Waals surface area contributed by atoms with Gasteiger partial charge in [0.2, 0.25) is 0 Å². The molecular formula is C17H19NO. The van der Waals surface area contributed by atoms with Gasteiger partial charge in [-0.2, -0.15) is 0 Å². The minimum atomic E-state index is 0.441. The van der Waals surface area contributed by atoms with E-state index in [2.05, 4.69) is 48.6 Å². The van der Waals surface area contributed by atoms with Gasteiger partial charge in [0.25, 0.3) is 0 Å². The monoisotopic (exact) mass is 253 g/mol. The van der Waals surface area contributed by atoms with E-state index >= 15 is 0 Å². The van der Waals surface area contributed by atoms with Gasteiger partial charge in [-0.15, -0.1) is 0 Å². The summed E-state index contributed by atoms with van der Waals surface area (Å²) in [5.41, 5.74) is 5.39. The first kappa shape index (κ1) is 12.1. The SMILES string of the molecule is CCC1c2ccccc2CNc2ccc(OC)cc21. The highest BCUT2D eigenvalue weighted by molar-refractivity contribution is 5.61. The van der Waals surface area contributed by atoms with Crippen LogP contribution in [-0.2, 0) is 6.54 Å². The van der Waals surface area contributed by atoms with Gasteiger partial charge in [-0.05, 0) is 41.3 Å². The average Bonchev–Trinajstić information content (AvgIpc) is 2.62. The third-order valence-corrected chi connectivity index (χ3v) is 3.94. The number of nitrogens with one attached hydrogen (secondary N) is 1. The van der Waals surface area contributed by atoms with Crippen molar-refractivity contribution in [3.63, 3.8) is 0 Å². The smallest absolute Gasteiger partial charge is 0.119 e. The fourth-order valence-corrected chi connectivity index (χ4v) is 2.95. The van der Waals surface area contributed by atoms with Crippen LogP contribution in [0, 0.1) is 0 Å². The first-order valence-corrected chi connectivity index (χ1v) is 6.83. The van der Waals surface area contributed by atoms with E-state index in [1.54, 1.807) is 7.11 Å². The van der Waals surface area contributed by atoms with E-state index in [-0.39, 0.29) is 0 Å². The van der Waals surface area contributed by atoms with Crippen molar-refractivity contribution in [3.8, 4) is 5.75 Å². The largest absolute Gasteiger partial charge is 0.497 e. The van der Waals surface area contributed by atoms with Crippen molar-refractivity contribution in [1.82, 2.24) is 0 Å². The molecule has 0 saturated heterocycles. The molecular weight excluding hydrogens is 234 g/mol. The Morgan fingerprint density at radius 3 is 2.79 bits per heavy atom. The van der Waals surface area contributed by atoms with Crippen LogP contribution >= 0.6 is 0 Å². The molecule has 0 fully saturated rings. The molecule has 19 heavy (non-hydrogen) atoms. The lowest BCUT2D eigenvalue weighted by Crippen LogP contribution is -2.01. The lowest BCUT2D eigenvalue weighted by Gasteiger charge is -2.18. The zero-order valence-electron chi connectivity index (χ0n) is 11.4.